The predicted molar refractivity (Wildman–Crippen MR) is 88.9 cm³/mol. The van der Waals surface area contributed by atoms with E-state index >= 15 is 0 Å². The van der Waals surface area contributed by atoms with Crippen LogP contribution in [0, 0.1) is 13.8 Å². The third-order valence-corrected chi connectivity index (χ3v) is 4.49. The van der Waals surface area contributed by atoms with Crippen LogP contribution in [0.2, 0.25) is 0 Å². The molecule has 4 nitrogen and oxygen atoms in total. The number of carbonyl (C=O) groups is 1. The number of rotatable bonds is 4. The second-order valence-corrected chi connectivity index (χ2v) is 6.56. The monoisotopic (exact) mass is 304 g/mol. The topological polar surface area (TPSA) is 41.6 Å². The minimum absolute atomic E-state index is 0.0283. The summed E-state index contributed by atoms with van der Waals surface area (Å²) < 4.78 is 5.60. The first-order valence-electron chi connectivity index (χ1n) is 8.09. The summed E-state index contributed by atoms with van der Waals surface area (Å²) in [7, 11) is 0. The molecule has 0 spiro atoms. The number of ether oxygens (including phenoxy) is 1. The summed E-state index contributed by atoms with van der Waals surface area (Å²) >= 11 is 0. The van der Waals surface area contributed by atoms with Crippen molar-refractivity contribution in [1.29, 1.82) is 0 Å². The Balaban J connectivity index is 1.91. The van der Waals surface area contributed by atoms with E-state index < -0.39 is 0 Å². The molecule has 1 aromatic carbocycles. The lowest BCUT2D eigenvalue weighted by atomic mass is 10.0. The first kappa shape index (κ1) is 17.0. The lowest BCUT2D eigenvalue weighted by Crippen LogP contribution is -2.51. The molecular formula is C18H28N2O2. The standard InChI is InChI=1S/C18H28N2O2/c1-12-6-7-17(8-13(12)2)16(5)19-18(21)10-20-9-15(4)22-11-14(20)3/h6-8,14-16H,9-11H2,1-5H3,(H,19,21). The number of aryl methyl sites for hydroxylation is 2. The molecule has 2 rings (SSSR count). The van der Waals surface area contributed by atoms with E-state index in [9.17, 15) is 4.79 Å². The quantitative estimate of drug-likeness (QED) is 0.929. The van der Waals surface area contributed by atoms with Crippen LogP contribution < -0.4 is 5.32 Å². The van der Waals surface area contributed by atoms with E-state index in [1.807, 2.05) is 6.92 Å². The van der Waals surface area contributed by atoms with Crippen LogP contribution in [0.4, 0.5) is 0 Å². The fourth-order valence-corrected chi connectivity index (χ4v) is 2.78. The van der Waals surface area contributed by atoms with Crippen molar-refractivity contribution in [1.82, 2.24) is 10.2 Å². The zero-order valence-electron chi connectivity index (χ0n) is 14.3. The molecule has 122 valence electrons. The molecule has 0 aliphatic carbocycles. The summed E-state index contributed by atoms with van der Waals surface area (Å²) in [6.07, 6.45) is 0.196. The normalized spacial score (nSPS) is 24.0. The van der Waals surface area contributed by atoms with Crippen LogP contribution in [-0.4, -0.2) is 42.6 Å². The van der Waals surface area contributed by atoms with Crippen LogP contribution in [-0.2, 0) is 9.53 Å². The van der Waals surface area contributed by atoms with Gasteiger partial charge in [-0.1, -0.05) is 18.2 Å². The van der Waals surface area contributed by atoms with E-state index in [0.717, 1.165) is 12.1 Å². The molecule has 22 heavy (non-hydrogen) atoms. The zero-order chi connectivity index (χ0) is 16.3. The van der Waals surface area contributed by atoms with Gasteiger partial charge in [0, 0.05) is 12.6 Å². The zero-order valence-corrected chi connectivity index (χ0v) is 14.3. The molecule has 1 N–H and O–H groups in total. The third kappa shape index (κ3) is 4.31. The Morgan fingerprint density at radius 2 is 2.09 bits per heavy atom. The van der Waals surface area contributed by atoms with Crippen LogP contribution in [0.25, 0.3) is 0 Å². The lowest BCUT2D eigenvalue weighted by molar-refractivity contribution is -0.126. The molecule has 1 aliphatic rings. The van der Waals surface area contributed by atoms with Gasteiger partial charge in [-0.15, -0.1) is 0 Å². The summed E-state index contributed by atoms with van der Waals surface area (Å²) in [6.45, 7) is 12.3. The van der Waals surface area contributed by atoms with Crippen molar-refractivity contribution in [3.8, 4) is 0 Å². The van der Waals surface area contributed by atoms with Crippen molar-refractivity contribution in [2.24, 2.45) is 0 Å². The van der Waals surface area contributed by atoms with Crippen LogP contribution >= 0.6 is 0 Å². The molecule has 4 heteroatoms. The van der Waals surface area contributed by atoms with Crippen LogP contribution in [0.1, 0.15) is 43.5 Å². The minimum Gasteiger partial charge on any atom is -0.376 e. The van der Waals surface area contributed by atoms with Crippen molar-refractivity contribution in [2.75, 3.05) is 19.7 Å². The van der Waals surface area contributed by atoms with Gasteiger partial charge in [0.1, 0.15) is 0 Å². The van der Waals surface area contributed by atoms with Crippen molar-refractivity contribution in [2.45, 2.75) is 52.8 Å². The van der Waals surface area contributed by atoms with Gasteiger partial charge in [0.15, 0.2) is 0 Å². The number of morpholine rings is 1. The molecule has 0 saturated carbocycles. The van der Waals surface area contributed by atoms with Crippen LogP contribution in [0.15, 0.2) is 18.2 Å². The Kier molecular flexibility index (Phi) is 5.59. The summed E-state index contributed by atoms with van der Waals surface area (Å²) in [4.78, 5) is 14.5. The van der Waals surface area contributed by atoms with Crippen molar-refractivity contribution in [3.05, 3.63) is 34.9 Å². The summed E-state index contributed by atoms with van der Waals surface area (Å²) in [5, 5.41) is 3.10. The number of nitrogens with one attached hydrogen (secondary N) is 1. The second-order valence-electron chi connectivity index (χ2n) is 6.56. The van der Waals surface area contributed by atoms with Crippen molar-refractivity contribution in [3.63, 3.8) is 0 Å². The Morgan fingerprint density at radius 3 is 2.77 bits per heavy atom. The summed E-state index contributed by atoms with van der Waals surface area (Å²) in [5.41, 5.74) is 3.69. The van der Waals surface area contributed by atoms with Gasteiger partial charge in [-0.3, -0.25) is 9.69 Å². The maximum absolute atomic E-state index is 12.3. The van der Waals surface area contributed by atoms with Gasteiger partial charge in [-0.25, -0.2) is 0 Å². The van der Waals surface area contributed by atoms with E-state index in [1.165, 1.54) is 11.1 Å². The molecule has 3 atom stereocenters. The highest BCUT2D eigenvalue weighted by atomic mass is 16.5. The van der Waals surface area contributed by atoms with Crippen LogP contribution in [0.3, 0.4) is 0 Å². The van der Waals surface area contributed by atoms with E-state index in [1.54, 1.807) is 0 Å². The number of nitrogens with zero attached hydrogens (tertiary/aromatic N) is 1. The maximum atomic E-state index is 12.3. The highest BCUT2D eigenvalue weighted by molar-refractivity contribution is 5.78. The molecule has 1 aromatic rings. The highest BCUT2D eigenvalue weighted by Gasteiger charge is 2.25. The van der Waals surface area contributed by atoms with Gasteiger partial charge in [0.05, 0.1) is 25.3 Å². The molecule has 1 heterocycles. The molecule has 0 aromatic heterocycles. The number of hydrogen-bond donors (Lipinski definition) is 1. The summed E-state index contributed by atoms with van der Waals surface area (Å²) in [6, 6.07) is 6.67. The molecule has 1 saturated heterocycles. The second kappa shape index (κ2) is 7.25. The minimum atomic E-state index is 0.0283. The Bertz CT molecular complexity index is 530. The number of hydrogen-bond acceptors (Lipinski definition) is 3. The summed E-state index contributed by atoms with van der Waals surface area (Å²) in [5.74, 6) is 0.0756. The lowest BCUT2D eigenvalue weighted by Gasteiger charge is -2.36. The SMILES string of the molecule is Cc1ccc(C(C)NC(=O)CN2CC(C)OCC2C)cc1C. The molecule has 0 radical (unpaired) electrons. The third-order valence-electron chi connectivity index (χ3n) is 4.49. The maximum Gasteiger partial charge on any atom is 0.234 e. The largest absolute Gasteiger partial charge is 0.376 e. The molecular weight excluding hydrogens is 276 g/mol. The van der Waals surface area contributed by atoms with E-state index in [4.69, 9.17) is 4.74 Å². The average molecular weight is 304 g/mol. The first-order valence-corrected chi connectivity index (χ1v) is 8.09. The highest BCUT2D eigenvalue weighted by Crippen LogP contribution is 2.17. The number of benzene rings is 1. The Hall–Kier alpha value is -1.39. The van der Waals surface area contributed by atoms with Crippen LogP contribution in [0.5, 0.6) is 0 Å². The van der Waals surface area contributed by atoms with E-state index in [0.29, 0.717) is 19.2 Å². The van der Waals surface area contributed by atoms with Gasteiger partial charge >= 0.3 is 0 Å². The average Bonchev–Trinajstić information content (AvgIpc) is 2.45. The predicted octanol–water partition coefficient (Wildman–Crippen LogP) is 2.59. The molecule has 1 aliphatic heterocycles. The smallest absolute Gasteiger partial charge is 0.234 e. The molecule has 0 bridgehead atoms. The van der Waals surface area contributed by atoms with Gasteiger partial charge in [-0.05, 0) is 51.3 Å². The first-order chi connectivity index (χ1) is 10.4. The molecule has 3 unspecified atom stereocenters. The van der Waals surface area contributed by atoms with E-state index in [2.05, 4.69) is 56.1 Å². The van der Waals surface area contributed by atoms with Gasteiger partial charge < -0.3 is 10.1 Å². The number of amides is 1. The fourth-order valence-electron chi connectivity index (χ4n) is 2.78. The van der Waals surface area contributed by atoms with E-state index in [-0.39, 0.29) is 18.1 Å². The Morgan fingerprint density at radius 1 is 1.36 bits per heavy atom. The Labute approximate surface area is 133 Å². The molecule has 1 amide bonds. The van der Waals surface area contributed by atoms with Crippen molar-refractivity contribution >= 4 is 5.91 Å². The van der Waals surface area contributed by atoms with Gasteiger partial charge in [-0.2, -0.15) is 0 Å². The molecule has 1 fully saturated rings. The van der Waals surface area contributed by atoms with Gasteiger partial charge in [0.25, 0.3) is 0 Å². The number of carbonyl (C=O) groups excluding carboxylic acids is 1. The van der Waals surface area contributed by atoms with Gasteiger partial charge in [0.2, 0.25) is 5.91 Å². The van der Waals surface area contributed by atoms with Crippen molar-refractivity contribution < 1.29 is 9.53 Å². The fraction of sp³-hybridized carbons (Fsp3) is 0.611.